The van der Waals surface area contributed by atoms with Crippen molar-refractivity contribution < 1.29 is 34.0 Å². The Bertz CT molecular complexity index is 287. The van der Waals surface area contributed by atoms with Crippen LogP contribution in [0, 0.1) is 5.92 Å². The van der Waals surface area contributed by atoms with Gasteiger partial charge >= 0.3 is 11.9 Å². The molecule has 0 aromatic carbocycles. The lowest BCUT2D eigenvalue weighted by atomic mass is 10.0. The maximum Gasteiger partial charge on any atom is 0.320 e. The third-order valence-corrected chi connectivity index (χ3v) is 2.54. The molecular formula is C8H10O7. The van der Waals surface area contributed by atoms with E-state index >= 15 is 0 Å². The van der Waals surface area contributed by atoms with E-state index in [1.165, 1.54) is 7.11 Å². The number of methoxy groups -OCH3 is 1. The van der Waals surface area contributed by atoms with Crippen LogP contribution in [0.5, 0.6) is 0 Å². The first-order valence-electron chi connectivity index (χ1n) is 4.35. The molecule has 0 radical (unpaired) electrons. The van der Waals surface area contributed by atoms with Crippen LogP contribution in [0.4, 0.5) is 0 Å². The van der Waals surface area contributed by atoms with Crippen molar-refractivity contribution in [1.29, 1.82) is 0 Å². The van der Waals surface area contributed by atoms with Crippen LogP contribution in [-0.2, 0) is 23.8 Å². The summed E-state index contributed by atoms with van der Waals surface area (Å²) in [6.07, 6.45) is -2.45. The quantitative estimate of drug-likeness (QED) is 0.456. The molecule has 4 atom stereocenters. The molecule has 2 aliphatic heterocycles. The van der Waals surface area contributed by atoms with E-state index in [1.54, 1.807) is 0 Å². The number of carboxylic acid groups (broad SMARTS) is 2. The molecule has 84 valence electrons. The van der Waals surface area contributed by atoms with E-state index in [4.69, 9.17) is 24.4 Å². The van der Waals surface area contributed by atoms with Gasteiger partial charge in [-0.3, -0.25) is 9.59 Å². The van der Waals surface area contributed by atoms with Crippen LogP contribution >= 0.6 is 0 Å². The molecule has 4 unspecified atom stereocenters. The van der Waals surface area contributed by atoms with Gasteiger partial charge in [0.05, 0.1) is 0 Å². The lowest BCUT2D eigenvalue weighted by molar-refractivity contribution is -0.187. The van der Waals surface area contributed by atoms with E-state index in [-0.39, 0.29) is 6.10 Å². The molecule has 0 spiro atoms. The van der Waals surface area contributed by atoms with Crippen LogP contribution < -0.4 is 0 Å². The predicted molar refractivity (Wildman–Crippen MR) is 43.1 cm³/mol. The average molecular weight is 218 g/mol. The predicted octanol–water partition coefficient (Wildman–Crippen LogP) is -1.09. The fourth-order valence-electron chi connectivity index (χ4n) is 1.77. The van der Waals surface area contributed by atoms with E-state index in [2.05, 4.69) is 0 Å². The maximum absolute atomic E-state index is 10.7. The second-order valence-electron chi connectivity index (χ2n) is 3.42. The summed E-state index contributed by atoms with van der Waals surface area (Å²) in [5.74, 6) is -4.47. The second-order valence-corrected chi connectivity index (χ2v) is 3.42. The van der Waals surface area contributed by atoms with E-state index in [0.29, 0.717) is 0 Å². The molecule has 15 heavy (non-hydrogen) atoms. The van der Waals surface area contributed by atoms with Crippen molar-refractivity contribution in [1.82, 2.24) is 0 Å². The standard InChI is InChI=1S/C8H10O7/c1-13-8-5-4(14-5)3(15-8)2(6(9)10)7(11)12/h2-5,8H,1H3,(H,9,10)(H,11,12). The third kappa shape index (κ3) is 1.58. The molecule has 2 fully saturated rings. The first-order chi connectivity index (χ1) is 7.06. The Hall–Kier alpha value is -1.18. The Kier molecular flexibility index (Phi) is 2.37. The van der Waals surface area contributed by atoms with Gasteiger partial charge in [-0.05, 0) is 0 Å². The van der Waals surface area contributed by atoms with Crippen molar-refractivity contribution in [3.63, 3.8) is 0 Å². The first kappa shape index (κ1) is 10.3. The lowest BCUT2D eigenvalue weighted by Gasteiger charge is -2.19. The number of carboxylic acids is 2. The molecule has 2 rings (SSSR count). The van der Waals surface area contributed by atoms with Gasteiger partial charge in [0.15, 0.2) is 12.2 Å². The van der Waals surface area contributed by atoms with Crippen LogP contribution in [0.1, 0.15) is 0 Å². The van der Waals surface area contributed by atoms with Gasteiger partial charge in [0, 0.05) is 7.11 Å². The highest BCUT2D eigenvalue weighted by Gasteiger charge is 2.63. The second kappa shape index (κ2) is 3.44. The Morgan fingerprint density at radius 1 is 1.20 bits per heavy atom. The molecule has 0 bridgehead atoms. The molecule has 0 aromatic rings. The van der Waals surface area contributed by atoms with Crippen molar-refractivity contribution in [3.05, 3.63) is 0 Å². The SMILES string of the molecule is COC1OC(C(C(=O)O)C(=O)O)C2OC12. The summed E-state index contributed by atoms with van der Waals surface area (Å²) in [6, 6.07) is 0. The Balaban J connectivity index is 2.11. The number of hydrogen-bond acceptors (Lipinski definition) is 5. The zero-order valence-electron chi connectivity index (χ0n) is 7.82. The first-order valence-corrected chi connectivity index (χ1v) is 4.35. The van der Waals surface area contributed by atoms with Gasteiger partial charge in [-0.15, -0.1) is 0 Å². The van der Waals surface area contributed by atoms with Crippen molar-refractivity contribution in [2.75, 3.05) is 7.11 Å². The van der Waals surface area contributed by atoms with Crippen molar-refractivity contribution in [2.24, 2.45) is 5.92 Å². The number of hydrogen-bond donors (Lipinski definition) is 2. The Morgan fingerprint density at radius 3 is 2.20 bits per heavy atom. The van der Waals surface area contributed by atoms with Crippen LogP contribution in [0.15, 0.2) is 0 Å². The number of epoxide rings is 1. The summed E-state index contributed by atoms with van der Waals surface area (Å²) in [6.45, 7) is 0. The normalized spacial score (nSPS) is 37.7. The van der Waals surface area contributed by atoms with E-state index in [0.717, 1.165) is 0 Å². The van der Waals surface area contributed by atoms with Gasteiger partial charge in [0.1, 0.15) is 18.3 Å². The van der Waals surface area contributed by atoms with E-state index < -0.39 is 36.4 Å². The van der Waals surface area contributed by atoms with Crippen LogP contribution in [0.25, 0.3) is 0 Å². The summed E-state index contributed by atoms with van der Waals surface area (Å²) in [7, 11) is 1.39. The highest BCUT2D eigenvalue weighted by atomic mass is 16.8. The van der Waals surface area contributed by atoms with Crippen molar-refractivity contribution in [2.45, 2.75) is 24.6 Å². The smallest absolute Gasteiger partial charge is 0.320 e. The molecule has 0 saturated carbocycles. The zero-order chi connectivity index (χ0) is 11.2. The molecule has 7 heteroatoms. The summed E-state index contributed by atoms with van der Waals surface area (Å²) in [5.41, 5.74) is 0. The molecular weight excluding hydrogens is 208 g/mol. The van der Waals surface area contributed by atoms with E-state index in [1.807, 2.05) is 0 Å². The Morgan fingerprint density at radius 2 is 1.80 bits per heavy atom. The van der Waals surface area contributed by atoms with Gasteiger partial charge in [0.25, 0.3) is 0 Å². The van der Waals surface area contributed by atoms with Gasteiger partial charge in [0.2, 0.25) is 0 Å². The van der Waals surface area contributed by atoms with Crippen LogP contribution in [0.2, 0.25) is 0 Å². The highest BCUT2D eigenvalue weighted by molar-refractivity contribution is 5.93. The molecule has 2 aliphatic rings. The lowest BCUT2D eigenvalue weighted by Crippen LogP contribution is -2.39. The molecule has 0 aliphatic carbocycles. The summed E-state index contributed by atoms with van der Waals surface area (Å²) in [4.78, 5) is 21.5. The molecule has 2 saturated heterocycles. The van der Waals surface area contributed by atoms with Gasteiger partial charge in [-0.2, -0.15) is 0 Å². The minimum absolute atomic E-state index is 0.332. The van der Waals surface area contributed by atoms with Crippen LogP contribution in [0.3, 0.4) is 0 Å². The molecule has 2 N–H and O–H groups in total. The number of rotatable bonds is 4. The van der Waals surface area contributed by atoms with Crippen molar-refractivity contribution in [3.8, 4) is 0 Å². The van der Waals surface area contributed by atoms with Crippen molar-refractivity contribution >= 4 is 11.9 Å². The van der Waals surface area contributed by atoms with Gasteiger partial charge < -0.3 is 24.4 Å². The highest BCUT2D eigenvalue weighted by Crippen LogP contribution is 2.42. The fraction of sp³-hybridized carbons (Fsp3) is 0.750. The number of carbonyl (C=O) groups is 2. The number of fused-ring (bicyclic) bond motifs is 1. The maximum atomic E-state index is 10.7. The summed E-state index contributed by atoms with van der Waals surface area (Å²) < 4.78 is 15.1. The molecule has 7 nitrogen and oxygen atoms in total. The fourth-order valence-corrected chi connectivity index (χ4v) is 1.77. The van der Waals surface area contributed by atoms with Gasteiger partial charge in [-0.25, -0.2) is 0 Å². The number of ether oxygens (including phenoxy) is 3. The third-order valence-electron chi connectivity index (χ3n) is 2.54. The minimum atomic E-state index is -1.61. The Labute approximate surface area is 84.5 Å². The molecule has 0 amide bonds. The minimum Gasteiger partial charge on any atom is -0.481 e. The molecule has 2 heterocycles. The van der Waals surface area contributed by atoms with Gasteiger partial charge in [-0.1, -0.05) is 0 Å². The topological polar surface area (TPSA) is 106 Å². The summed E-state index contributed by atoms with van der Waals surface area (Å²) in [5, 5.41) is 17.5. The monoisotopic (exact) mass is 218 g/mol. The van der Waals surface area contributed by atoms with E-state index in [9.17, 15) is 9.59 Å². The summed E-state index contributed by atoms with van der Waals surface area (Å²) >= 11 is 0. The average Bonchev–Trinajstić information content (AvgIpc) is 2.84. The van der Waals surface area contributed by atoms with Crippen LogP contribution in [-0.4, -0.2) is 53.9 Å². The zero-order valence-corrected chi connectivity index (χ0v) is 7.82. The molecule has 0 aromatic heterocycles. The number of aliphatic carboxylic acids is 2. The largest absolute Gasteiger partial charge is 0.481 e.